The first-order valence-corrected chi connectivity index (χ1v) is 38.7. The third-order valence-corrected chi connectivity index (χ3v) is 21.2. The molecular weight excluding hydrogens is 1360 g/mol. The molecule has 5 N–H and O–H groups in total. The number of ether oxygens (including phenoxy) is 4. The normalized spacial score (nSPS) is 18.8. The standard InChI is InChI=1S/C24H28N2O.C23H26N2O.C18H15ClO.C18H16O2.C6H14N2.C5H12N2/c1-18-17-25(2)13-14-26(18)24(21-9-6-10-23(16-21)27-3)22-12-11-19-7-4-5-8-20(19)15-22;1-17-16-25(13-12-24-17)23(20-8-5-9-22(15-20)26-2)21-11-10-18-6-3-4-7-19(18)14-21;2*1-20-17-8-4-7-15(12-17)18(19)16-10-9-13-5-2-3-6-14(13)11-16;1-6-5-8(2)4-3-7-6;1-5-4-6-2-3-7-5/h4-12,15-16,18,24H,13-14,17H2,1-3H3;3-11,14-15,17,23-24H,12-13,16H2,1-2H3;2-12,18H,1H3;2-12,18-19H,1H3;6-7H,3-5H2,1-2H3;5-7H,2-4H2,1H3. The number of rotatable bonds is 14. The van der Waals surface area contributed by atoms with Crippen LogP contribution in [0.1, 0.15) is 95.8 Å². The molecule has 0 aliphatic carbocycles. The van der Waals surface area contributed by atoms with Gasteiger partial charge in [-0.3, -0.25) is 9.80 Å². The molecule has 12 aromatic rings. The molecule has 4 aliphatic rings. The minimum atomic E-state index is -0.644. The van der Waals surface area contributed by atoms with Crippen LogP contribution in [-0.2, 0) is 0 Å². The number of piperazine rings is 4. The molecule has 13 nitrogen and oxygen atoms in total. The molecule has 108 heavy (non-hydrogen) atoms. The fourth-order valence-corrected chi connectivity index (χ4v) is 15.2. The Hall–Kier alpha value is -9.19. The Bertz CT molecular complexity index is 4630. The van der Waals surface area contributed by atoms with E-state index in [0.717, 1.165) is 116 Å². The number of nitrogens with one attached hydrogen (secondary N) is 4. The van der Waals surface area contributed by atoms with Crippen LogP contribution in [0.2, 0.25) is 0 Å². The Morgan fingerprint density at radius 3 is 1.14 bits per heavy atom. The number of nitrogens with zero attached hydrogens (tertiary/aromatic N) is 4. The molecule has 16 rings (SSSR count). The van der Waals surface area contributed by atoms with Crippen LogP contribution in [0.15, 0.2) is 267 Å². The van der Waals surface area contributed by atoms with E-state index in [4.69, 9.17) is 30.5 Å². The third kappa shape index (κ3) is 22.3. The lowest BCUT2D eigenvalue weighted by atomic mass is 9.93. The summed E-state index contributed by atoms with van der Waals surface area (Å²) >= 11 is 6.61. The van der Waals surface area contributed by atoms with Crippen molar-refractivity contribution in [1.82, 2.24) is 40.9 Å². The van der Waals surface area contributed by atoms with Gasteiger partial charge in [0.15, 0.2) is 0 Å². The van der Waals surface area contributed by atoms with Crippen LogP contribution >= 0.6 is 11.6 Å². The van der Waals surface area contributed by atoms with Crippen LogP contribution in [0.5, 0.6) is 23.0 Å². The van der Waals surface area contributed by atoms with Crippen molar-refractivity contribution in [2.45, 2.75) is 75.4 Å². The molecule has 0 aromatic heterocycles. The second-order valence-corrected chi connectivity index (χ2v) is 29.4. The fraction of sp³-hybridized carbons (Fsp3) is 0.319. The molecule has 12 aromatic carbocycles. The highest BCUT2D eigenvalue weighted by atomic mass is 35.5. The summed E-state index contributed by atoms with van der Waals surface area (Å²) in [5.41, 5.74) is 9.12. The van der Waals surface area contributed by atoms with Crippen molar-refractivity contribution in [3.63, 3.8) is 0 Å². The molecule has 0 spiro atoms. The van der Waals surface area contributed by atoms with Gasteiger partial charge in [0.1, 0.15) is 29.1 Å². The van der Waals surface area contributed by atoms with Crippen molar-refractivity contribution in [2.75, 3.05) is 121 Å². The Kier molecular flexibility index (Phi) is 29.8. The predicted octanol–water partition coefficient (Wildman–Crippen LogP) is 17.4. The number of halogens is 1. The highest BCUT2D eigenvalue weighted by molar-refractivity contribution is 6.22. The molecule has 0 radical (unpaired) electrons. The van der Waals surface area contributed by atoms with E-state index in [1.54, 1.807) is 28.4 Å². The Labute approximate surface area is 646 Å². The molecule has 8 unspecified atom stereocenters. The fourth-order valence-electron chi connectivity index (χ4n) is 15.0. The first kappa shape index (κ1) is 79.8. The van der Waals surface area contributed by atoms with Crippen LogP contribution in [0.4, 0.5) is 0 Å². The molecule has 0 saturated carbocycles. The summed E-state index contributed by atoms with van der Waals surface area (Å²) < 4.78 is 21.5. The zero-order valence-corrected chi connectivity index (χ0v) is 65.5. The lowest BCUT2D eigenvalue weighted by Gasteiger charge is -2.43. The van der Waals surface area contributed by atoms with Gasteiger partial charge in [-0.15, -0.1) is 11.6 Å². The average Bonchev–Trinajstić information content (AvgIpc) is 0.787. The van der Waals surface area contributed by atoms with Gasteiger partial charge in [-0.05, 0) is 202 Å². The van der Waals surface area contributed by atoms with Gasteiger partial charge in [0, 0.05) is 103 Å². The van der Waals surface area contributed by atoms with E-state index in [-0.39, 0.29) is 17.5 Å². The van der Waals surface area contributed by atoms with Crippen LogP contribution in [-0.4, -0.2) is 170 Å². The van der Waals surface area contributed by atoms with Crippen LogP contribution in [0.25, 0.3) is 43.1 Å². The highest BCUT2D eigenvalue weighted by Crippen LogP contribution is 2.38. The van der Waals surface area contributed by atoms with Crippen molar-refractivity contribution in [3.8, 4) is 23.0 Å². The lowest BCUT2D eigenvalue weighted by molar-refractivity contribution is 0.0746. The Balaban J connectivity index is 0.000000135. The number of aliphatic hydroxyl groups excluding tert-OH is 1. The van der Waals surface area contributed by atoms with E-state index in [1.165, 1.54) is 73.0 Å². The number of alkyl halides is 1. The predicted molar refractivity (Wildman–Crippen MR) is 451 cm³/mol. The molecule has 0 amide bonds. The SMILES string of the molecule is CC1CN(C)CCN1.CC1CNCCN1.COc1cccc(C(Cl)c2ccc3ccccc3c2)c1.COc1cccc(C(O)c2ccc3ccccc3c2)c1.COc1cccc(C(c2ccc3ccccc3c2)N2CCN(C)CC2C)c1.COc1cccc(C(c2ccc3ccccc3c2)N2CCNC(C)C2)c1. The first-order valence-electron chi connectivity index (χ1n) is 38.2. The Morgan fingerprint density at radius 2 is 0.704 bits per heavy atom. The van der Waals surface area contributed by atoms with E-state index in [9.17, 15) is 5.11 Å². The summed E-state index contributed by atoms with van der Waals surface area (Å²) in [6, 6.07) is 95.0. The van der Waals surface area contributed by atoms with Gasteiger partial charge in [0.05, 0.1) is 45.9 Å². The third-order valence-electron chi connectivity index (χ3n) is 20.7. The lowest BCUT2D eigenvalue weighted by Crippen LogP contribution is -2.51. The summed E-state index contributed by atoms with van der Waals surface area (Å²) in [6.45, 7) is 22.3. The molecule has 4 heterocycles. The average molecular weight is 1470 g/mol. The van der Waals surface area contributed by atoms with Gasteiger partial charge in [-0.2, -0.15) is 0 Å². The number of likely N-dealkylation sites (N-methyl/N-ethyl adjacent to an activating group) is 2. The molecule has 4 aliphatic heterocycles. The molecule has 4 fully saturated rings. The molecule has 0 bridgehead atoms. The maximum Gasteiger partial charge on any atom is 0.119 e. The zero-order valence-electron chi connectivity index (χ0n) is 64.8. The minimum Gasteiger partial charge on any atom is -0.497 e. The van der Waals surface area contributed by atoms with E-state index in [2.05, 4.69) is 246 Å². The van der Waals surface area contributed by atoms with Crippen molar-refractivity contribution in [2.24, 2.45) is 0 Å². The van der Waals surface area contributed by atoms with Crippen LogP contribution in [0, 0.1) is 0 Å². The van der Waals surface area contributed by atoms with Gasteiger partial charge in [0.25, 0.3) is 0 Å². The summed E-state index contributed by atoms with van der Waals surface area (Å²) in [5, 5.41) is 33.8. The number of fused-ring (bicyclic) bond motifs is 4. The van der Waals surface area contributed by atoms with E-state index in [0.29, 0.717) is 24.2 Å². The largest absolute Gasteiger partial charge is 0.497 e. The number of benzene rings is 12. The minimum absolute atomic E-state index is 0.172. The molecular formula is C94H111ClN8O5. The number of hydrogen-bond donors (Lipinski definition) is 5. The maximum absolute atomic E-state index is 10.5. The van der Waals surface area contributed by atoms with Gasteiger partial charge >= 0.3 is 0 Å². The molecule has 14 heteroatoms. The summed E-state index contributed by atoms with van der Waals surface area (Å²) in [7, 11) is 11.1. The van der Waals surface area contributed by atoms with Crippen LogP contribution in [0.3, 0.4) is 0 Å². The second-order valence-electron chi connectivity index (χ2n) is 29.0. The highest BCUT2D eigenvalue weighted by Gasteiger charge is 2.31. The number of aliphatic hydroxyl groups is 1. The van der Waals surface area contributed by atoms with E-state index in [1.807, 2.05) is 103 Å². The molecule has 4 saturated heterocycles. The molecule has 8 atom stereocenters. The Morgan fingerprint density at radius 1 is 0.343 bits per heavy atom. The summed E-state index contributed by atoms with van der Waals surface area (Å²) in [6.07, 6.45) is -0.644. The van der Waals surface area contributed by atoms with Crippen molar-refractivity contribution >= 4 is 54.7 Å². The van der Waals surface area contributed by atoms with Gasteiger partial charge < -0.3 is 55.1 Å². The molecule has 564 valence electrons. The maximum atomic E-state index is 10.5. The quantitative estimate of drug-likeness (QED) is 0.0666. The second kappa shape index (κ2) is 40.3. The summed E-state index contributed by atoms with van der Waals surface area (Å²) in [5.74, 6) is 3.41. The number of methoxy groups -OCH3 is 4. The summed E-state index contributed by atoms with van der Waals surface area (Å²) in [4.78, 5) is 9.99. The zero-order chi connectivity index (χ0) is 75.7. The van der Waals surface area contributed by atoms with Crippen molar-refractivity contribution in [3.05, 3.63) is 311 Å². The van der Waals surface area contributed by atoms with Gasteiger partial charge in [-0.25, -0.2) is 0 Å². The van der Waals surface area contributed by atoms with Crippen LogP contribution < -0.4 is 40.2 Å². The van der Waals surface area contributed by atoms with E-state index < -0.39 is 6.10 Å². The van der Waals surface area contributed by atoms with Crippen molar-refractivity contribution in [1.29, 1.82) is 0 Å². The van der Waals surface area contributed by atoms with E-state index >= 15 is 0 Å². The van der Waals surface area contributed by atoms with Gasteiger partial charge in [0.2, 0.25) is 0 Å². The van der Waals surface area contributed by atoms with Crippen molar-refractivity contribution < 1.29 is 24.1 Å². The topological polar surface area (TPSA) is 118 Å². The number of hydrogen-bond acceptors (Lipinski definition) is 13. The first-order chi connectivity index (χ1) is 52.6. The van der Waals surface area contributed by atoms with Gasteiger partial charge in [-0.1, -0.05) is 194 Å². The smallest absolute Gasteiger partial charge is 0.119 e. The monoisotopic (exact) mass is 1470 g/mol.